The van der Waals surface area contributed by atoms with Crippen molar-refractivity contribution in [2.45, 2.75) is 32.4 Å². The molecule has 2 amide bonds. The van der Waals surface area contributed by atoms with E-state index in [-0.39, 0.29) is 41.1 Å². The molecule has 7 nitrogen and oxygen atoms in total. The zero-order valence-corrected chi connectivity index (χ0v) is 16.6. The van der Waals surface area contributed by atoms with Gasteiger partial charge in [-0.2, -0.15) is 0 Å². The molecule has 0 spiro atoms. The van der Waals surface area contributed by atoms with Crippen molar-refractivity contribution in [2.75, 3.05) is 20.2 Å². The third-order valence-corrected chi connectivity index (χ3v) is 5.74. The van der Waals surface area contributed by atoms with E-state index in [0.29, 0.717) is 31.6 Å². The Labute approximate surface area is 171 Å². The minimum absolute atomic E-state index is 0.0387. The number of halogens is 2. The maximum absolute atomic E-state index is 13.9. The van der Waals surface area contributed by atoms with E-state index in [9.17, 15) is 23.2 Å². The number of likely N-dealkylation sites (N-methyl/N-ethyl adjacent to an activating group) is 1. The van der Waals surface area contributed by atoms with Gasteiger partial charge in [0.05, 0.1) is 13.2 Å². The fraction of sp³-hybridized carbons (Fsp3) is 0.381. The molecule has 2 aliphatic rings. The van der Waals surface area contributed by atoms with E-state index in [1.807, 2.05) is 6.92 Å². The SMILES string of the molecule is CCN1C[C@H]2CCc3c(C(=O)NCc4ccc(F)cc4F)c(=O)c(OC)c(n32)C1=O. The van der Waals surface area contributed by atoms with Crippen LogP contribution in [0.5, 0.6) is 5.75 Å². The van der Waals surface area contributed by atoms with Crippen LogP contribution in [-0.4, -0.2) is 41.5 Å². The van der Waals surface area contributed by atoms with Gasteiger partial charge in [0, 0.05) is 37.0 Å². The van der Waals surface area contributed by atoms with Crippen LogP contribution in [0.25, 0.3) is 0 Å². The van der Waals surface area contributed by atoms with Crippen molar-refractivity contribution in [3.05, 3.63) is 62.6 Å². The average molecular weight is 417 g/mol. The quantitative estimate of drug-likeness (QED) is 0.807. The number of pyridine rings is 1. The molecular formula is C21H21F2N3O4. The molecule has 4 rings (SSSR count). The molecule has 1 aromatic heterocycles. The summed E-state index contributed by atoms with van der Waals surface area (Å²) in [5.74, 6) is -2.65. The first-order chi connectivity index (χ1) is 14.4. The number of ether oxygens (including phenoxy) is 1. The lowest BCUT2D eigenvalue weighted by Crippen LogP contribution is -2.44. The molecule has 0 bridgehead atoms. The van der Waals surface area contributed by atoms with Crippen LogP contribution in [-0.2, 0) is 13.0 Å². The molecule has 0 fully saturated rings. The number of amides is 2. The monoisotopic (exact) mass is 417 g/mol. The first kappa shape index (κ1) is 20.1. The largest absolute Gasteiger partial charge is 0.491 e. The number of hydrogen-bond acceptors (Lipinski definition) is 4. The highest BCUT2D eigenvalue weighted by atomic mass is 19.1. The number of nitrogens with one attached hydrogen (secondary N) is 1. The van der Waals surface area contributed by atoms with Gasteiger partial charge in [0.15, 0.2) is 11.4 Å². The van der Waals surface area contributed by atoms with E-state index in [0.717, 1.165) is 12.1 Å². The zero-order valence-electron chi connectivity index (χ0n) is 16.6. The van der Waals surface area contributed by atoms with Crippen molar-refractivity contribution in [1.82, 2.24) is 14.8 Å². The van der Waals surface area contributed by atoms with Gasteiger partial charge in [0.25, 0.3) is 11.8 Å². The molecule has 3 heterocycles. The molecule has 9 heteroatoms. The Bertz CT molecular complexity index is 1110. The number of methoxy groups -OCH3 is 1. The Hall–Kier alpha value is -3.23. The zero-order chi connectivity index (χ0) is 21.6. The van der Waals surface area contributed by atoms with Crippen molar-refractivity contribution < 1.29 is 23.1 Å². The van der Waals surface area contributed by atoms with Crippen molar-refractivity contribution in [1.29, 1.82) is 0 Å². The molecule has 0 aliphatic carbocycles. The lowest BCUT2D eigenvalue weighted by atomic mass is 10.1. The van der Waals surface area contributed by atoms with E-state index in [1.54, 1.807) is 9.47 Å². The maximum Gasteiger partial charge on any atom is 0.274 e. The van der Waals surface area contributed by atoms with Crippen molar-refractivity contribution in [2.24, 2.45) is 0 Å². The maximum atomic E-state index is 13.9. The number of carbonyl (C=O) groups excluding carboxylic acids is 2. The molecule has 0 unspecified atom stereocenters. The van der Waals surface area contributed by atoms with Crippen molar-refractivity contribution >= 4 is 11.8 Å². The second-order valence-corrected chi connectivity index (χ2v) is 7.36. The summed E-state index contributed by atoms with van der Waals surface area (Å²) in [6.07, 6.45) is 1.16. The highest BCUT2D eigenvalue weighted by Gasteiger charge is 2.41. The fourth-order valence-corrected chi connectivity index (χ4v) is 4.28. The molecule has 1 N–H and O–H groups in total. The highest BCUT2D eigenvalue weighted by Crippen LogP contribution is 2.37. The molecule has 2 aromatic rings. The van der Waals surface area contributed by atoms with E-state index in [1.165, 1.54) is 13.2 Å². The summed E-state index contributed by atoms with van der Waals surface area (Å²) in [4.78, 5) is 40.5. The van der Waals surface area contributed by atoms with Crippen LogP contribution in [0.1, 0.15) is 51.5 Å². The second-order valence-electron chi connectivity index (χ2n) is 7.36. The third-order valence-electron chi connectivity index (χ3n) is 5.74. The molecule has 1 atom stereocenters. The lowest BCUT2D eigenvalue weighted by molar-refractivity contribution is 0.0675. The average Bonchev–Trinajstić information content (AvgIpc) is 3.13. The summed E-state index contributed by atoms with van der Waals surface area (Å²) in [5, 5.41) is 2.53. The van der Waals surface area contributed by atoms with Gasteiger partial charge in [-0.3, -0.25) is 14.4 Å². The van der Waals surface area contributed by atoms with Crippen LogP contribution in [0, 0.1) is 11.6 Å². The van der Waals surface area contributed by atoms with E-state index >= 15 is 0 Å². The summed E-state index contributed by atoms with van der Waals surface area (Å²) in [6.45, 7) is 2.67. The predicted octanol–water partition coefficient (Wildman–Crippen LogP) is 2.03. The van der Waals surface area contributed by atoms with Gasteiger partial charge in [0.1, 0.15) is 17.2 Å². The van der Waals surface area contributed by atoms with Crippen LogP contribution < -0.4 is 15.5 Å². The number of benzene rings is 1. The Morgan fingerprint density at radius 1 is 1.30 bits per heavy atom. The van der Waals surface area contributed by atoms with Crippen LogP contribution in [0.3, 0.4) is 0 Å². The van der Waals surface area contributed by atoms with E-state index in [4.69, 9.17) is 4.74 Å². The van der Waals surface area contributed by atoms with Crippen LogP contribution in [0.4, 0.5) is 8.78 Å². The summed E-state index contributed by atoms with van der Waals surface area (Å²) in [7, 11) is 1.29. The number of nitrogens with zero attached hydrogens (tertiary/aromatic N) is 2. The summed E-state index contributed by atoms with van der Waals surface area (Å²) in [6, 6.07) is 3.02. The molecule has 1 aromatic carbocycles. The van der Waals surface area contributed by atoms with Gasteiger partial charge >= 0.3 is 0 Å². The smallest absolute Gasteiger partial charge is 0.274 e. The molecule has 2 aliphatic heterocycles. The summed E-state index contributed by atoms with van der Waals surface area (Å²) >= 11 is 0. The minimum atomic E-state index is -0.787. The second kappa shape index (κ2) is 7.55. The van der Waals surface area contributed by atoms with Gasteiger partial charge in [0.2, 0.25) is 5.43 Å². The third kappa shape index (κ3) is 3.05. The number of aromatic nitrogens is 1. The number of rotatable bonds is 5. The van der Waals surface area contributed by atoms with Crippen LogP contribution in [0.2, 0.25) is 0 Å². The fourth-order valence-electron chi connectivity index (χ4n) is 4.28. The van der Waals surface area contributed by atoms with Gasteiger partial charge in [-0.25, -0.2) is 8.78 Å². The van der Waals surface area contributed by atoms with Gasteiger partial charge < -0.3 is 19.5 Å². The molecule has 0 saturated carbocycles. The van der Waals surface area contributed by atoms with Gasteiger partial charge in [-0.05, 0) is 25.8 Å². The minimum Gasteiger partial charge on any atom is -0.491 e. The Morgan fingerprint density at radius 3 is 2.73 bits per heavy atom. The first-order valence-electron chi connectivity index (χ1n) is 9.74. The standard InChI is InChI=1S/C21H21F2N3O4/c1-3-25-10-13-6-7-15-16(18(27)19(30-2)17(21(25)29)26(13)15)20(28)24-9-11-4-5-12(22)8-14(11)23/h4-5,8,13H,3,6-7,9-10H2,1-2H3,(H,24,28)/t13-/m1/s1. The normalized spacial score (nSPS) is 17.1. The van der Waals surface area contributed by atoms with Gasteiger partial charge in [-0.1, -0.05) is 6.07 Å². The Morgan fingerprint density at radius 2 is 2.07 bits per heavy atom. The summed E-state index contributed by atoms with van der Waals surface area (Å²) < 4.78 is 34.0. The molecule has 0 radical (unpaired) electrons. The molecule has 30 heavy (non-hydrogen) atoms. The first-order valence-corrected chi connectivity index (χ1v) is 9.74. The van der Waals surface area contributed by atoms with Crippen LogP contribution in [0.15, 0.2) is 23.0 Å². The van der Waals surface area contributed by atoms with E-state index in [2.05, 4.69) is 5.32 Å². The summed E-state index contributed by atoms with van der Waals surface area (Å²) in [5.41, 5.74) is -0.00444. The number of hydrogen-bond donors (Lipinski definition) is 1. The van der Waals surface area contributed by atoms with Gasteiger partial charge in [-0.15, -0.1) is 0 Å². The molecule has 158 valence electrons. The highest BCUT2D eigenvalue weighted by molar-refractivity contribution is 6.00. The molecular weight excluding hydrogens is 396 g/mol. The lowest BCUT2D eigenvalue weighted by Gasteiger charge is -2.34. The topological polar surface area (TPSA) is 80.6 Å². The number of carbonyl (C=O) groups is 2. The Kier molecular flexibility index (Phi) is 5.05. The van der Waals surface area contributed by atoms with Crippen molar-refractivity contribution in [3.63, 3.8) is 0 Å². The van der Waals surface area contributed by atoms with Crippen LogP contribution >= 0.6 is 0 Å². The van der Waals surface area contributed by atoms with Crippen molar-refractivity contribution in [3.8, 4) is 5.75 Å². The Balaban J connectivity index is 1.74. The predicted molar refractivity (Wildman–Crippen MR) is 104 cm³/mol. The molecule has 0 saturated heterocycles. The van der Waals surface area contributed by atoms with E-state index < -0.39 is 23.0 Å².